The van der Waals surface area contributed by atoms with E-state index in [1.54, 1.807) is 0 Å². The number of halogens is 1. The molecule has 0 radical (unpaired) electrons. The molecule has 3 nitrogen and oxygen atoms in total. The lowest BCUT2D eigenvalue weighted by Gasteiger charge is -2.25. The highest BCUT2D eigenvalue weighted by Gasteiger charge is 2.09. The van der Waals surface area contributed by atoms with E-state index >= 15 is 0 Å². The van der Waals surface area contributed by atoms with Crippen LogP contribution in [0.2, 0.25) is 0 Å². The van der Waals surface area contributed by atoms with Gasteiger partial charge in [-0.15, -0.1) is 0 Å². The van der Waals surface area contributed by atoms with E-state index in [1.165, 1.54) is 22.1 Å². The largest absolute Gasteiger partial charge is 0.371 e. The van der Waals surface area contributed by atoms with Crippen molar-refractivity contribution >= 4 is 21.6 Å². The lowest BCUT2D eigenvalue weighted by molar-refractivity contribution is 0.400. The highest BCUT2D eigenvalue weighted by molar-refractivity contribution is 9.10. The molecule has 4 heteroatoms. The van der Waals surface area contributed by atoms with Crippen molar-refractivity contribution in [1.29, 1.82) is 0 Å². The van der Waals surface area contributed by atoms with Gasteiger partial charge in [0.2, 0.25) is 0 Å². The molecule has 1 N–H and O–H groups in total. The molecule has 120 valence electrons. The predicted molar refractivity (Wildman–Crippen MR) is 97.2 cm³/mol. The maximum absolute atomic E-state index is 3.74. The third-order valence-electron chi connectivity index (χ3n) is 3.48. The van der Waals surface area contributed by atoms with Crippen LogP contribution >= 0.6 is 15.9 Å². The first kappa shape index (κ1) is 18.5. The van der Waals surface area contributed by atoms with Gasteiger partial charge in [-0.2, -0.15) is 0 Å². The van der Waals surface area contributed by atoms with Crippen LogP contribution < -0.4 is 10.2 Å². The Morgan fingerprint density at radius 2 is 1.90 bits per heavy atom. The van der Waals surface area contributed by atoms with Gasteiger partial charge in [-0.05, 0) is 67.6 Å². The van der Waals surface area contributed by atoms with Crippen LogP contribution in [0.25, 0.3) is 0 Å². The number of nitrogens with zero attached hydrogens (tertiary/aromatic N) is 2. The Morgan fingerprint density at radius 3 is 2.43 bits per heavy atom. The van der Waals surface area contributed by atoms with Crippen molar-refractivity contribution in [2.75, 3.05) is 38.6 Å². The molecule has 21 heavy (non-hydrogen) atoms. The Kier molecular flexibility index (Phi) is 8.30. The molecule has 0 saturated carbocycles. The smallest absolute Gasteiger partial charge is 0.0510 e. The molecule has 0 amide bonds. The summed E-state index contributed by atoms with van der Waals surface area (Å²) in [6.07, 6.45) is 1.18. The summed E-state index contributed by atoms with van der Waals surface area (Å²) in [6.45, 7) is 10.7. The van der Waals surface area contributed by atoms with E-state index in [1.807, 2.05) is 0 Å². The Balaban J connectivity index is 2.67. The number of anilines is 1. The van der Waals surface area contributed by atoms with Gasteiger partial charge in [-0.3, -0.25) is 0 Å². The number of benzene rings is 1. The molecule has 1 aromatic rings. The van der Waals surface area contributed by atoms with Crippen molar-refractivity contribution in [1.82, 2.24) is 10.2 Å². The zero-order valence-corrected chi connectivity index (χ0v) is 15.7. The molecule has 0 aromatic heterocycles. The van der Waals surface area contributed by atoms with E-state index in [0.717, 1.165) is 26.2 Å². The summed E-state index contributed by atoms with van der Waals surface area (Å²) < 4.78 is 1.19. The first-order chi connectivity index (χ1) is 9.93. The van der Waals surface area contributed by atoms with Crippen LogP contribution in [-0.2, 0) is 6.54 Å². The first-order valence-electron chi connectivity index (χ1n) is 7.85. The van der Waals surface area contributed by atoms with Crippen LogP contribution in [0.3, 0.4) is 0 Å². The molecular formula is C17H30BrN3. The minimum atomic E-state index is 0.515. The normalized spacial score (nSPS) is 11.4. The molecule has 0 atom stereocenters. The summed E-state index contributed by atoms with van der Waals surface area (Å²) in [7, 11) is 4.26. The number of hydrogen-bond donors (Lipinski definition) is 1. The van der Waals surface area contributed by atoms with E-state index in [9.17, 15) is 0 Å². The van der Waals surface area contributed by atoms with E-state index in [4.69, 9.17) is 0 Å². The van der Waals surface area contributed by atoms with Crippen molar-refractivity contribution < 1.29 is 0 Å². The van der Waals surface area contributed by atoms with Gasteiger partial charge < -0.3 is 15.1 Å². The summed E-state index contributed by atoms with van der Waals surface area (Å²) in [4.78, 5) is 4.68. The van der Waals surface area contributed by atoms with Crippen molar-refractivity contribution in [2.24, 2.45) is 0 Å². The average Bonchev–Trinajstić information content (AvgIpc) is 2.42. The van der Waals surface area contributed by atoms with Gasteiger partial charge in [-0.1, -0.05) is 19.9 Å². The number of nitrogens with one attached hydrogen (secondary N) is 1. The maximum Gasteiger partial charge on any atom is 0.0510 e. The van der Waals surface area contributed by atoms with Crippen molar-refractivity contribution in [3.8, 4) is 0 Å². The summed E-state index contributed by atoms with van der Waals surface area (Å²) in [5, 5.41) is 3.46. The zero-order chi connectivity index (χ0) is 15.8. The lowest BCUT2D eigenvalue weighted by Crippen LogP contribution is -2.27. The second kappa shape index (κ2) is 9.44. The zero-order valence-electron chi connectivity index (χ0n) is 14.1. The standard InChI is InChI=1S/C17H30BrN3/c1-6-21(11-7-10-20(4)5)17-9-8-15(12-16(17)18)13-19-14(2)3/h8-9,12,14,19H,6-7,10-11,13H2,1-5H3. The fourth-order valence-electron chi connectivity index (χ4n) is 2.27. The van der Waals surface area contributed by atoms with Crippen LogP contribution in [0.5, 0.6) is 0 Å². The van der Waals surface area contributed by atoms with Crippen molar-refractivity contribution in [2.45, 2.75) is 39.8 Å². The third-order valence-corrected chi connectivity index (χ3v) is 4.12. The monoisotopic (exact) mass is 355 g/mol. The fraction of sp³-hybridized carbons (Fsp3) is 0.647. The van der Waals surface area contributed by atoms with Gasteiger partial charge in [0, 0.05) is 30.1 Å². The molecule has 0 spiro atoms. The Morgan fingerprint density at radius 1 is 1.19 bits per heavy atom. The molecule has 0 saturated heterocycles. The Hall–Kier alpha value is -0.580. The van der Waals surface area contributed by atoms with Crippen LogP contribution in [0, 0.1) is 0 Å². The highest BCUT2D eigenvalue weighted by atomic mass is 79.9. The Bertz CT molecular complexity index is 418. The van der Waals surface area contributed by atoms with Crippen LogP contribution in [0.4, 0.5) is 5.69 Å². The molecule has 1 rings (SSSR count). The molecule has 0 fully saturated rings. The predicted octanol–water partition coefficient (Wildman–Crippen LogP) is 3.73. The summed E-state index contributed by atoms with van der Waals surface area (Å²) in [6, 6.07) is 7.21. The van der Waals surface area contributed by atoms with Crippen LogP contribution in [-0.4, -0.2) is 44.7 Å². The number of hydrogen-bond acceptors (Lipinski definition) is 3. The van der Waals surface area contributed by atoms with Gasteiger partial charge in [-0.25, -0.2) is 0 Å². The highest BCUT2D eigenvalue weighted by Crippen LogP contribution is 2.27. The van der Waals surface area contributed by atoms with E-state index in [0.29, 0.717) is 6.04 Å². The van der Waals surface area contributed by atoms with Gasteiger partial charge in [0.15, 0.2) is 0 Å². The lowest BCUT2D eigenvalue weighted by atomic mass is 10.1. The summed E-state index contributed by atoms with van der Waals surface area (Å²) in [5.74, 6) is 0. The quantitative estimate of drug-likeness (QED) is 0.727. The Labute approximate surface area is 138 Å². The molecular weight excluding hydrogens is 326 g/mol. The average molecular weight is 356 g/mol. The third kappa shape index (κ3) is 6.81. The van der Waals surface area contributed by atoms with Crippen molar-refractivity contribution in [3.63, 3.8) is 0 Å². The molecule has 0 heterocycles. The summed E-state index contributed by atoms with van der Waals surface area (Å²) >= 11 is 3.74. The summed E-state index contributed by atoms with van der Waals surface area (Å²) in [5.41, 5.74) is 2.62. The molecule has 0 aliphatic rings. The second-order valence-electron chi connectivity index (χ2n) is 6.06. The minimum absolute atomic E-state index is 0.515. The molecule has 0 unspecified atom stereocenters. The van der Waals surface area contributed by atoms with E-state index < -0.39 is 0 Å². The van der Waals surface area contributed by atoms with Gasteiger partial charge in [0.25, 0.3) is 0 Å². The topological polar surface area (TPSA) is 18.5 Å². The molecule has 0 bridgehead atoms. The fourth-order valence-corrected chi connectivity index (χ4v) is 2.94. The van der Waals surface area contributed by atoms with E-state index in [-0.39, 0.29) is 0 Å². The van der Waals surface area contributed by atoms with Crippen molar-refractivity contribution in [3.05, 3.63) is 28.2 Å². The number of rotatable bonds is 9. The van der Waals surface area contributed by atoms with E-state index in [2.05, 4.69) is 84.1 Å². The maximum atomic E-state index is 3.74. The van der Waals surface area contributed by atoms with Gasteiger partial charge in [0.1, 0.15) is 0 Å². The van der Waals surface area contributed by atoms with Gasteiger partial charge >= 0.3 is 0 Å². The minimum Gasteiger partial charge on any atom is -0.371 e. The van der Waals surface area contributed by atoms with Gasteiger partial charge in [0.05, 0.1) is 5.69 Å². The molecule has 0 aliphatic heterocycles. The molecule has 1 aromatic carbocycles. The van der Waals surface area contributed by atoms with Crippen LogP contribution in [0.1, 0.15) is 32.8 Å². The molecule has 0 aliphatic carbocycles. The first-order valence-corrected chi connectivity index (χ1v) is 8.64. The SMILES string of the molecule is CCN(CCCN(C)C)c1ccc(CNC(C)C)cc1Br. The van der Waals surface area contributed by atoms with Crippen LogP contribution in [0.15, 0.2) is 22.7 Å². The second-order valence-corrected chi connectivity index (χ2v) is 6.91.